The van der Waals surface area contributed by atoms with Crippen molar-refractivity contribution in [1.29, 1.82) is 0 Å². The van der Waals surface area contributed by atoms with E-state index in [1.165, 1.54) is 12.0 Å². The van der Waals surface area contributed by atoms with Gasteiger partial charge in [-0.2, -0.15) is 0 Å². The summed E-state index contributed by atoms with van der Waals surface area (Å²) in [7, 11) is 1.31. The molecule has 4 aromatic rings. The summed E-state index contributed by atoms with van der Waals surface area (Å²) in [6.45, 7) is 0. The quantitative estimate of drug-likeness (QED) is 0.214. The average Bonchev–Trinajstić information content (AvgIpc) is 3.52. The molecular formula is C28H23ClN2O4S. The van der Waals surface area contributed by atoms with Crippen molar-refractivity contribution in [2.24, 2.45) is 4.99 Å². The van der Waals surface area contributed by atoms with Gasteiger partial charge in [0.25, 0.3) is 5.91 Å². The van der Waals surface area contributed by atoms with Gasteiger partial charge in [-0.25, -0.2) is 9.79 Å². The van der Waals surface area contributed by atoms with Crippen LogP contribution in [0.1, 0.15) is 49.8 Å². The van der Waals surface area contributed by atoms with Gasteiger partial charge in [-0.1, -0.05) is 29.8 Å². The number of carbonyl (C=O) groups excluding carboxylic acids is 2. The van der Waals surface area contributed by atoms with Crippen LogP contribution in [0.5, 0.6) is 0 Å². The number of carbonyl (C=O) groups is 2. The highest BCUT2D eigenvalue weighted by molar-refractivity contribution is 7.16. The SMILES string of the molecule is COC(=O)c1cc(-c2ccc(C=Nc3sc4c(c3C(=O)Nc3ccccc3)CCCC4)o2)ccc1Cl. The first-order valence-corrected chi connectivity index (χ1v) is 12.8. The number of furan rings is 1. The predicted molar refractivity (Wildman–Crippen MR) is 143 cm³/mol. The number of nitrogens with one attached hydrogen (secondary N) is 1. The molecule has 0 spiro atoms. The molecule has 0 aliphatic heterocycles. The summed E-state index contributed by atoms with van der Waals surface area (Å²) in [5.74, 6) is 0.425. The molecule has 0 fully saturated rings. The van der Waals surface area contributed by atoms with Crippen LogP contribution < -0.4 is 5.32 Å². The summed E-state index contributed by atoms with van der Waals surface area (Å²) in [6, 6.07) is 18.1. The van der Waals surface area contributed by atoms with Crippen molar-refractivity contribution in [3.8, 4) is 11.3 Å². The Kier molecular flexibility index (Phi) is 7.02. The van der Waals surface area contributed by atoms with Crippen molar-refractivity contribution >= 4 is 51.7 Å². The van der Waals surface area contributed by atoms with Crippen molar-refractivity contribution in [3.05, 3.63) is 93.0 Å². The maximum Gasteiger partial charge on any atom is 0.339 e. The molecule has 0 atom stereocenters. The van der Waals surface area contributed by atoms with Crippen molar-refractivity contribution in [2.75, 3.05) is 12.4 Å². The number of benzene rings is 2. The van der Waals surface area contributed by atoms with Gasteiger partial charge in [-0.15, -0.1) is 11.3 Å². The van der Waals surface area contributed by atoms with Crippen LogP contribution in [0.15, 0.2) is 70.1 Å². The van der Waals surface area contributed by atoms with Gasteiger partial charge in [0.15, 0.2) is 0 Å². The Morgan fingerprint density at radius 1 is 1.08 bits per heavy atom. The van der Waals surface area contributed by atoms with Crippen molar-refractivity contribution < 1.29 is 18.7 Å². The molecule has 8 heteroatoms. The highest BCUT2D eigenvalue weighted by Gasteiger charge is 2.25. The number of aryl methyl sites for hydroxylation is 1. The molecule has 1 aliphatic carbocycles. The number of nitrogens with zero attached hydrogens (tertiary/aromatic N) is 1. The molecule has 182 valence electrons. The van der Waals surface area contributed by atoms with Gasteiger partial charge in [0.2, 0.25) is 0 Å². The van der Waals surface area contributed by atoms with Crippen LogP contribution in [-0.4, -0.2) is 25.2 Å². The second-order valence-electron chi connectivity index (χ2n) is 8.36. The minimum atomic E-state index is -0.516. The fraction of sp³-hybridized carbons (Fsp3) is 0.179. The maximum absolute atomic E-state index is 13.3. The first-order chi connectivity index (χ1) is 17.5. The van der Waals surface area contributed by atoms with Gasteiger partial charge in [-0.3, -0.25) is 4.79 Å². The van der Waals surface area contributed by atoms with Gasteiger partial charge < -0.3 is 14.5 Å². The molecule has 0 saturated heterocycles. The van der Waals surface area contributed by atoms with E-state index in [4.69, 9.17) is 20.8 Å². The van der Waals surface area contributed by atoms with Gasteiger partial charge in [0.1, 0.15) is 16.5 Å². The van der Waals surface area contributed by atoms with E-state index in [0.29, 0.717) is 32.7 Å². The zero-order valence-corrected chi connectivity index (χ0v) is 21.1. The standard InChI is InChI=1S/C28H23ClN2O4S/c1-34-28(33)21-15-17(11-13-22(21)29)23-14-12-19(35-23)16-30-27-25(20-9-5-6-10-24(20)36-27)26(32)31-18-7-3-2-4-8-18/h2-4,7-8,11-16H,5-6,9-10H2,1H3,(H,31,32). The Labute approximate surface area is 217 Å². The zero-order chi connectivity index (χ0) is 25.1. The maximum atomic E-state index is 13.3. The molecule has 6 nitrogen and oxygen atoms in total. The number of aliphatic imine (C=N–C) groups is 1. The molecule has 2 aromatic heterocycles. The summed E-state index contributed by atoms with van der Waals surface area (Å²) >= 11 is 7.70. The molecular weight excluding hydrogens is 496 g/mol. The molecule has 0 unspecified atom stereocenters. The van der Waals surface area contributed by atoms with Crippen LogP contribution >= 0.6 is 22.9 Å². The number of halogens is 1. The highest BCUT2D eigenvalue weighted by Crippen LogP contribution is 2.40. The molecule has 2 heterocycles. The Morgan fingerprint density at radius 2 is 1.89 bits per heavy atom. The predicted octanol–water partition coefficient (Wildman–Crippen LogP) is 7.33. The van der Waals surface area contributed by atoms with E-state index in [1.54, 1.807) is 47.9 Å². The number of methoxy groups -OCH3 is 1. The number of amides is 1. The number of rotatable bonds is 6. The van der Waals surface area contributed by atoms with E-state index in [-0.39, 0.29) is 11.5 Å². The third-order valence-corrected chi connectivity index (χ3v) is 7.53. The molecule has 5 rings (SSSR count). The van der Waals surface area contributed by atoms with Crippen molar-refractivity contribution in [3.63, 3.8) is 0 Å². The van der Waals surface area contributed by atoms with Crippen LogP contribution in [0.3, 0.4) is 0 Å². The summed E-state index contributed by atoms with van der Waals surface area (Å²) in [5, 5.41) is 3.99. The van der Waals surface area contributed by atoms with E-state index >= 15 is 0 Å². The Balaban J connectivity index is 1.43. The highest BCUT2D eigenvalue weighted by atomic mass is 35.5. The molecule has 2 aromatic carbocycles. The normalized spacial score (nSPS) is 12.9. The number of hydrogen-bond acceptors (Lipinski definition) is 6. The first kappa shape index (κ1) is 24.0. The monoisotopic (exact) mass is 518 g/mol. The van der Waals surface area contributed by atoms with Crippen LogP contribution in [0, 0.1) is 0 Å². The molecule has 0 saturated carbocycles. The molecule has 36 heavy (non-hydrogen) atoms. The topological polar surface area (TPSA) is 80.9 Å². The summed E-state index contributed by atoms with van der Waals surface area (Å²) in [6.07, 6.45) is 5.65. The van der Waals surface area contributed by atoms with E-state index < -0.39 is 5.97 Å². The second-order valence-corrected chi connectivity index (χ2v) is 9.85. The Morgan fingerprint density at radius 3 is 2.69 bits per heavy atom. The summed E-state index contributed by atoms with van der Waals surface area (Å²) in [4.78, 5) is 31.1. The number of anilines is 1. The minimum absolute atomic E-state index is 0.149. The lowest BCUT2D eigenvalue weighted by atomic mass is 9.95. The van der Waals surface area contributed by atoms with Gasteiger partial charge >= 0.3 is 5.97 Å². The number of thiophene rings is 1. The van der Waals surface area contributed by atoms with Crippen molar-refractivity contribution in [2.45, 2.75) is 25.7 Å². The molecule has 0 bridgehead atoms. The number of hydrogen-bond donors (Lipinski definition) is 1. The Bertz CT molecular complexity index is 1460. The number of fused-ring (bicyclic) bond motifs is 1. The van der Waals surface area contributed by atoms with Gasteiger partial charge in [0, 0.05) is 16.1 Å². The van der Waals surface area contributed by atoms with E-state index in [9.17, 15) is 9.59 Å². The third-order valence-electron chi connectivity index (χ3n) is 6.00. The third kappa shape index (κ3) is 4.98. The van der Waals surface area contributed by atoms with Crippen LogP contribution in [0.25, 0.3) is 11.3 Å². The van der Waals surface area contributed by atoms with E-state index in [2.05, 4.69) is 10.3 Å². The molecule has 1 aliphatic rings. The smallest absolute Gasteiger partial charge is 0.339 e. The minimum Gasteiger partial charge on any atom is -0.465 e. The molecule has 0 radical (unpaired) electrons. The average molecular weight is 519 g/mol. The second kappa shape index (κ2) is 10.5. The Hall–Kier alpha value is -3.68. The number of para-hydroxylation sites is 1. The van der Waals surface area contributed by atoms with Crippen molar-refractivity contribution in [1.82, 2.24) is 0 Å². The number of esters is 1. The van der Waals surface area contributed by atoms with Crippen LogP contribution in [0.4, 0.5) is 10.7 Å². The van der Waals surface area contributed by atoms with Gasteiger partial charge in [0.05, 0.1) is 29.5 Å². The van der Waals surface area contributed by atoms with E-state index in [0.717, 1.165) is 36.9 Å². The van der Waals surface area contributed by atoms with Gasteiger partial charge in [-0.05, 0) is 73.7 Å². The molecule has 1 amide bonds. The summed E-state index contributed by atoms with van der Waals surface area (Å²) in [5.41, 5.74) is 3.44. The summed E-state index contributed by atoms with van der Waals surface area (Å²) < 4.78 is 10.8. The van der Waals surface area contributed by atoms with Crippen LogP contribution in [-0.2, 0) is 17.6 Å². The first-order valence-electron chi connectivity index (χ1n) is 11.6. The van der Waals surface area contributed by atoms with E-state index in [1.807, 2.05) is 30.3 Å². The lowest BCUT2D eigenvalue weighted by Gasteiger charge is -2.12. The lowest BCUT2D eigenvalue weighted by molar-refractivity contribution is 0.0601. The fourth-order valence-corrected chi connectivity index (χ4v) is 5.66. The molecule has 1 N–H and O–H groups in total. The largest absolute Gasteiger partial charge is 0.465 e. The number of ether oxygens (including phenoxy) is 1. The van der Waals surface area contributed by atoms with Crippen LogP contribution in [0.2, 0.25) is 5.02 Å². The zero-order valence-electron chi connectivity index (χ0n) is 19.5. The lowest BCUT2D eigenvalue weighted by Crippen LogP contribution is -2.14. The fourth-order valence-electron chi connectivity index (χ4n) is 4.24.